The summed E-state index contributed by atoms with van der Waals surface area (Å²) in [5, 5.41) is 8.10. The second-order valence-electron chi connectivity index (χ2n) is 1.64. The van der Waals surface area contributed by atoms with Crippen LogP contribution in [0.15, 0.2) is 0 Å². The second kappa shape index (κ2) is 4.69. The Kier molecular flexibility index (Phi) is 4.42. The van der Waals surface area contributed by atoms with E-state index in [-0.39, 0.29) is 6.42 Å². The van der Waals surface area contributed by atoms with Crippen molar-refractivity contribution in [1.29, 1.82) is 0 Å². The number of carboxylic acids is 1. The Hall–Kier alpha value is -0.465. The summed E-state index contributed by atoms with van der Waals surface area (Å²) in [7, 11) is 5.12. The third-order valence-electron chi connectivity index (χ3n) is 0.845. The summed E-state index contributed by atoms with van der Waals surface area (Å²) in [5.74, 6) is -0.738. The monoisotopic (exact) mass is 112 g/mol. The van der Waals surface area contributed by atoms with E-state index in [9.17, 15) is 4.79 Å². The van der Waals surface area contributed by atoms with E-state index in [1.165, 1.54) is 0 Å². The van der Waals surface area contributed by atoms with Gasteiger partial charge in [0.2, 0.25) is 0 Å². The van der Waals surface area contributed by atoms with Crippen LogP contribution < -0.4 is 0 Å². The second-order valence-corrected chi connectivity index (χ2v) is 1.64. The maximum atomic E-state index is 9.83. The van der Waals surface area contributed by atoms with E-state index < -0.39 is 5.97 Å². The van der Waals surface area contributed by atoms with Gasteiger partial charge in [-0.2, -0.15) is 0 Å². The van der Waals surface area contributed by atoms with Gasteiger partial charge in [0.25, 0.3) is 0 Å². The average Bonchev–Trinajstić information content (AvgIpc) is 1.66. The molecular weight excluding hydrogens is 103 g/mol. The van der Waals surface area contributed by atoms with Gasteiger partial charge < -0.3 is 5.11 Å². The number of rotatable bonds is 4. The van der Waals surface area contributed by atoms with Crippen LogP contribution in [0.2, 0.25) is 6.32 Å². The summed E-state index contributed by atoms with van der Waals surface area (Å²) in [5.41, 5.74) is 0. The topological polar surface area (TPSA) is 37.3 Å². The molecule has 0 aliphatic carbocycles. The maximum absolute atomic E-state index is 9.83. The number of hydrogen-bond acceptors (Lipinski definition) is 1. The molecule has 0 rings (SSSR count). The van der Waals surface area contributed by atoms with Crippen LogP contribution in [0.5, 0.6) is 0 Å². The zero-order valence-corrected chi connectivity index (χ0v) is 4.76. The number of aliphatic carboxylic acids is 1. The fourth-order valence-corrected chi connectivity index (χ4v) is 0.421. The minimum atomic E-state index is -0.738. The first-order chi connectivity index (χ1) is 3.77. The molecule has 0 heterocycles. The molecule has 44 valence electrons. The van der Waals surface area contributed by atoms with Crippen LogP contribution >= 0.6 is 0 Å². The van der Waals surface area contributed by atoms with Crippen molar-refractivity contribution in [3.63, 3.8) is 0 Å². The van der Waals surface area contributed by atoms with Crippen molar-refractivity contribution >= 4 is 13.8 Å². The molecule has 0 bridgehead atoms. The number of unbranched alkanes of at least 4 members (excludes halogenated alkanes) is 1. The van der Waals surface area contributed by atoms with E-state index in [0.717, 1.165) is 6.42 Å². The van der Waals surface area contributed by atoms with E-state index in [1.807, 2.05) is 0 Å². The molecule has 0 aromatic heterocycles. The van der Waals surface area contributed by atoms with Gasteiger partial charge in [0.1, 0.15) is 0 Å². The first kappa shape index (κ1) is 7.53. The lowest BCUT2D eigenvalue weighted by Gasteiger charge is -1.89. The molecule has 0 saturated carbocycles. The summed E-state index contributed by atoms with van der Waals surface area (Å²) in [6.45, 7) is 0. The molecule has 3 heteroatoms. The van der Waals surface area contributed by atoms with Gasteiger partial charge in [0.15, 0.2) is 0 Å². The van der Waals surface area contributed by atoms with Gasteiger partial charge in [0, 0.05) is 6.42 Å². The van der Waals surface area contributed by atoms with Gasteiger partial charge in [-0.05, 0) is 6.42 Å². The lowest BCUT2D eigenvalue weighted by atomic mass is 10.00. The van der Waals surface area contributed by atoms with Crippen LogP contribution in [0.25, 0.3) is 0 Å². The Morgan fingerprint density at radius 3 is 2.50 bits per heavy atom. The zero-order chi connectivity index (χ0) is 6.41. The standard InChI is InChI=1S/C5H9BO2/c6-4-2-1-3-5(7)8/h1-4H2,(H,7,8). The Morgan fingerprint density at radius 2 is 2.12 bits per heavy atom. The largest absolute Gasteiger partial charge is 0.481 e. The SMILES string of the molecule is [B]CCCCC(=O)O. The van der Waals surface area contributed by atoms with Gasteiger partial charge in [-0.1, -0.05) is 12.7 Å². The average molecular weight is 112 g/mol. The van der Waals surface area contributed by atoms with Crippen molar-refractivity contribution in [2.45, 2.75) is 25.6 Å². The molecule has 2 nitrogen and oxygen atoms in total. The summed E-state index contributed by atoms with van der Waals surface area (Å²) < 4.78 is 0. The summed E-state index contributed by atoms with van der Waals surface area (Å²) in [4.78, 5) is 9.83. The molecule has 0 atom stereocenters. The van der Waals surface area contributed by atoms with Crippen LogP contribution in [0.1, 0.15) is 19.3 Å². The zero-order valence-electron chi connectivity index (χ0n) is 4.76. The Bertz CT molecular complexity index is 72.8. The van der Waals surface area contributed by atoms with Crippen molar-refractivity contribution in [2.24, 2.45) is 0 Å². The quantitative estimate of drug-likeness (QED) is 0.431. The highest BCUT2D eigenvalue weighted by Gasteiger charge is 1.92. The fourth-order valence-electron chi connectivity index (χ4n) is 0.421. The van der Waals surface area contributed by atoms with Gasteiger partial charge in [-0.25, -0.2) is 0 Å². The van der Waals surface area contributed by atoms with Crippen LogP contribution in [0.3, 0.4) is 0 Å². The van der Waals surface area contributed by atoms with Gasteiger partial charge in [-0.3, -0.25) is 4.79 Å². The van der Waals surface area contributed by atoms with Crippen molar-refractivity contribution in [2.75, 3.05) is 0 Å². The Morgan fingerprint density at radius 1 is 1.50 bits per heavy atom. The molecule has 0 saturated heterocycles. The Balaban J connectivity index is 2.82. The smallest absolute Gasteiger partial charge is 0.303 e. The first-order valence-corrected chi connectivity index (χ1v) is 2.69. The van der Waals surface area contributed by atoms with Crippen molar-refractivity contribution in [3.05, 3.63) is 0 Å². The highest BCUT2D eigenvalue weighted by molar-refractivity contribution is 6.08. The van der Waals surface area contributed by atoms with E-state index in [2.05, 4.69) is 0 Å². The predicted molar refractivity (Wildman–Crippen MR) is 32.0 cm³/mol. The minimum Gasteiger partial charge on any atom is -0.481 e. The minimum absolute atomic E-state index is 0.247. The third-order valence-corrected chi connectivity index (χ3v) is 0.845. The molecule has 0 aliphatic heterocycles. The first-order valence-electron chi connectivity index (χ1n) is 2.69. The lowest BCUT2D eigenvalue weighted by molar-refractivity contribution is -0.137. The van der Waals surface area contributed by atoms with Crippen LogP contribution in [0.4, 0.5) is 0 Å². The highest BCUT2D eigenvalue weighted by atomic mass is 16.4. The molecule has 0 amide bonds. The van der Waals surface area contributed by atoms with Crippen molar-refractivity contribution in [3.8, 4) is 0 Å². The number of hydrogen-bond donors (Lipinski definition) is 1. The van der Waals surface area contributed by atoms with E-state index >= 15 is 0 Å². The van der Waals surface area contributed by atoms with Crippen LogP contribution in [0, 0.1) is 0 Å². The normalized spacial score (nSPS) is 9.00. The molecule has 2 radical (unpaired) electrons. The lowest BCUT2D eigenvalue weighted by Crippen LogP contribution is -1.92. The molecule has 0 aromatic carbocycles. The molecule has 0 fully saturated rings. The summed E-state index contributed by atoms with van der Waals surface area (Å²) in [6.07, 6.45) is 2.35. The molecule has 0 spiro atoms. The predicted octanol–water partition coefficient (Wildman–Crippen LogP) is 0.828. The summed E-state index contributed by atoms with van der Waals surface area (Å²) in [6, 6.07) is 0. The molecule has 0 aliphatic rings. The van der Waals surface area contributed by atoms with Crippen LogP contribution in [-0.4, -0.2) is 18.9 Å². The molecule has 0 aromatic rings. The van der Waals surface area contributed by atoms with Gasteiger partial charge in [0.05, 0.1) is 7.85 Å². The number of carboxylic acid groups (broad SMARTS) is 1. The van der Waals surface area contributed by atoms with Crippen LogP contribution in [-0.2, 0) is 4.79 Å². The highest BCUT2D eigenvalue weighted by Crippen LogP contribution is 1.96. The molecular formula is C5H9BO2. The van der Waals surface area contributed by atoms with Crippen molar-refractivity contribution in [1.82, 2.24) is 0 Å². The Labute approximate surface area is 50.3 Å². The van der Waals surface area contributed by atoms with E-state index in [4.69, 9.17) is 13.0 Å². The van der Waals surface area contributed by atoms with E-state index in [1.54, 1.807) is 0 Å². The van der Waals surface area contributed by atoms with Gasteiger partial charge >= 0.3 is 5.97 Å². The maximum Gasteiger partial charge on any atom is 0.303 e. The van der Waals surface area contributed by atoms with Gasteiger partial charge in [-0.15, -0.1) is 0 Å². The molecule has 0 unspecified atom stereocenters. The summed E-state index contributed by atoms with van der Waals surface area (Å²) >= 11 is 0. The van der Waals surface area contributed by atoms with Crippen molar-refractivity contribution < 1.29 is 9.90 Å². The number of carbonyl (C=O) groups is 1. The fraction of sp³-hybridized carbons (Fsp3) is 0.800. The third kappa shape index (κ3) is 5.53. The molecule has 1 N–H and O–H groups in total. The van der Waals surface area contributed by atoms with E-state index in [0.29, 0.717) is 12.7 Å². The molecule has 8 heavy (non-hydrogen) atoms.